The molecule has 0 unspecified atom stereocenters. The molecule has 0 saturated carbocycles. The van der Waals surface area contributed by atoms with Crippen molar-refractivity contribution < 1.29 is 13.2 Å². The molecule has 96 valence electrons. The quantitative estimate of drug-likeness (QED) is 0.863. The van der Waals surface area contributed by atoms with E-state index in [1.54, 1.807) is 18.2 Å². The SMILES string of the molecule is Nc1cc(Br)cc(Cn2cc(C(F)(F)F)cn2)c1. The van der Waals surface area contributed by atoms with Crippen molar-refractivity contribution in [3.05, 3.63) is 46.2 Å². The third-order valence-electron chi connectivity index (χ3n) is 2.29. The Hall–Kier alpha value is -1.50. The number of anilines is 1. The molecule has 0 spiro atoms. The van der Waals surface area contributed by atoms with Crippen molar-refractivity contribution in [2.24, 2.45) is 0 Å². The number of rotatable bonds is 2. The molecule has 18 heavy (non-hydrogen) atoms. The lowest BCUT2D eigenvalue weighted by molar-refractivity contribution is -0.137. The van der Waals surface area contributed by atoms with Crippen LogP contribution >= 0.6 is 15.9 Å². The molecule has 0 atom stereocenters. The van der Waals surface area contributed by atoms with Gasteiger partial charge in [0, 0.05) is 16.4 Å². The fraction of sp³-hybridized carbons (Fsp3) is 0.182. The van der Waals surface area contributed by atoms with E-state index in [1.807, 2.05) is 0 Å². The molecule has 0 amide bonds. The lowest BCUT2D eigenvalue weighted by atomic mass is 10.2. The fourth-order valence-corrected chi connectivity index (χ4v) is 2.11. The normalized spacial score (nSPS) is 11.8. The molecule has 2 aromatic rings. The third-order valence-corrected chi connectivity index (χ3v) is 2.74. The molecule has 0 aliphatic heterocycles. The standard InChI is InChI=1S/C11H9BrF3N3/c12-9-1-7(2-10(16)3-9)5-18-6-8(4-17-18)11(13,14)15/h1-4,6H,5,16H2. The number of nitrogens with zero attached hydrogens (tertiary/aromatic N) is 2. The molecule has 0 aliphatic rings. The van der Waals surface area contributed by atoms with E-state index < -0.39 is 11.7 Å². The van der Waals surface area contributed by atoms with Crippen molar-refractivity contribution in [1.82, 2.24) is 9.78 Å². The van der Waals surface area contributed by atoms with Gasteiger partial charge in [-0.2, -0.15) is 18.3 Å². The summed E-state index contributed by atoms with van der Waals surface area (Å²) in [5.41, 5.74) is 6.21. The zero-order chi connectivity index (χ0) is 13.3. The summed E-state index contributed by atoms with van der Waals surface area (Å²) in [5.74, 6) is 0. The first-order valence-electron chi connectivity index (χ1n) is 4.99. The van der Waals surface area contributed by atoms with Gasteiger partial charge in [-0.15, -0.1) is 0 Å². The maximum Gasteiger partial charge on any atom is 0.419 e. The van der Waals surface area contributed by atoms with Gasteiger partial charge in [-0.1, -0.05) is 15.9 Å². The summed E-state index contributed by atoms with van der Waals surface area (Å²) in [7, 11) is 0. The first-order chi connectivity index (χ1) is 8.34. The van der Waals surface area contributed by atoms with Crippen LogP contribution in [0, 0.1) is 0 Å². The predicted molar refractivity (Wildman–Crippen MR) is 64.9 cm³/mol. The number of alkyl halides is 3. The molecule has 0 radical (unpaired) electrons. The lowest BCUT2D eigenvalue weighted by Crippen LogP contribution is -2.04. The molecule has 2 N–H and O–H groups in total. The number of hydrogen-bond acceptors (Lipinski definition) is 2. The van der Waals surface area contributed by atoms with Crippen LogP contribution in [0.25, 0.3) is 0 Å². The summed E-state index contributed by atoms with van der Waals surface area (Å²) < 4.78 is 39.2. The second-order valence-corrected chi connectivity index (χ2v) is 4.73. The topological polar surface area (TPSA) is 43.8 Å². The van der Waals surface area contributed by atoms with Gasteiger partial charge in [-0.3, -0.25) is 4.68 Å². The van der Waals surface area contributed by atoms with Crippen LogP contribution in [-0.2, 0) is 12.7 Å². The monoisotopic (exact) mass is 319 g/mol. The van der Waals surface area contributed by atoms with Crippen LogP contribution < -0.4 is 5.73 Å². The van der Waals surface area contributed by atoms with E-state index in [9.17, 15) is 13.2 Å². The van der Waals surface area contributed by atoms with Gasteiger partial charge in [0.1, 0.15) is 0 Å². The molecule has 1 heterocycles. The maximum absolute atomic E-state index is 12.4. The van der Waals surface area contributed by atoms with E-state index in [0.29, 0.717) is 5.69 Å². The minimum absolute atomic E-state index is 0.236. The second kappa shape index (κ2) is 4.64. The highest BCUT2D eigenvalue weighted by molar-refractivity contribution is 9.10. The Kier molecular flexibility index (Phi) is 3.34. The van der Waals surface area contributed by atoms with Gasteiger partial charge in [0.25, 0.3) is 0 Å². The number of nitrogen functional groups attached to an aromatic ring is 1. The number of hydrogen-bond donors (Lipinski definition) is 1. The Morgan fingerprint density at radius 2 is 2.00 bits per heavy atom. The minimum atomic E-state index is -4.37. The van der Waals surface area contributed by atoms with E-state index >= 15 is 0 Å². The zero-order valence-corrected chi connectivity index (χ0v) is 10.7. The van der Waals surface area contributed by atoms with Crippen molar-refractivity contribution >= 4 is 21.6 Å². The third kappa shape index (κ3) is 3.04. The Labute approximate surface area is 110 Å². The molecular formula is C11H9BrF3N3. The van der Waals surface area contributed by atoms with Crippen molar-refractivity contribution in [3.8, 4) is 0 Å². The molecule has 2 rings (SSSR count). The van der Waals surface area contributed by atoms with Crippen molar-refractivity contribution in [3.63, 3.8) is 0 Å². The van der Waals surface area contributed by atoms with E-state index in [0.717, 1.165) is 22.4 Å². The van der Waals surface area contributed by atoms with E-state index in [1.165, 1.54) is 4.68 Å². The van der Waals surface area contributed by atoms with Gasteiger partial charge < -0.3 is 5.73 Å². The van der Waals surface area contributed by atoms with E-state index in [2.05, 4.69) is 21.0 Å². The highest BCUT2D eigenvalue weighted by atomic mass is 79.9. The van der Waals surface area contributed by atoms with Crippen molar-refractivity contribution in [1.29, 1.82) is 0 Å². The zero-order valence-electron chi connectivity index (χ0n) is 9.08. The van der Waals surface area contributed by atoms with Crippen molar-refractivity contribution in [2.75, 3.05) is 5.73 Å². The maximum atomic E-state index is 12.4. The largest absolute Gasteiger partial charge is 0.419 e. The highest BCUT2D eigenvalue weighted by Gasteiger charge is 2.32. The Morgan fingerprint density at radius 3 is 2.56 bits per heavy atom. The lowest BCUT2D eigenvalue weighted by Gasteiger charge is -2.05. The van der Waals surface area contributed by atoms with Gasteiger partial charge in [0.2, 0.25) is 0 Å². The van der Waals surface area contributed by atoms with Crippen LogP contribution in [0.4, 0.5) is 18.9 Å². The van der Waals surface area contributed by atoms with E-state index in [4.69, 9.17) is 5.73 Å². The van der Waals surface area contributed by atoms with Gasteiger partial charge in [-0.05, 0) is 23.8 Å². The van der Waals surface area contributed by atoms with Crippen LogP contribution in [0.3, 0.4) is 0 Å². The Morgan fingerprint density at radius 1 is 1.28 bits per heavy atom. The molecular weight excluding hydrogens is 311 g/mol. The van der Waals surface area contributed by atoms with Crippen LogP contribution in [0.15, 0.2) is 35.1 Å². The molecule has 1 aromatic carbocycles. The van der Waals surface area contributed by atoms with Gasteiger partial charge in [-0.25, -0.2) is 0 Å². The molecule has 0 saturated heterocycles. The summed E-state index contributed by atoms with van der Waals surface area (Å²) in [5, 5.41) is 3.68. The highest BCUT2D eigenvalue weighted by Crippen LogP contribution is 2.28. The average molecular weight is 320 g/mol. The first kappa shape index (κ1) is 12.9. The summed E-state index contributed by atoms with van der Waals surface area (Å²) in [4.78, 5) is 0. The second-order valence-electron chi connectivity index (χ2n) is 3.82. The predicted octanol–water partition coefficient (Wildman–Crippen LogP) is 3.29. The summed E-state index contributed by atoms with van der Waals surface area (Å²) in [6.07, 6.45) is -2.59. The first-order valence-corrected chi connectivity index (χ1v) is 5.78. The fourth-order valence-electron chi connectivity index (χ4n) is 1.55. The summed E-state index contributed by atoms with van der Waals surface area (Å²) >= 11 is 3.27. The van der Waals surface area contributed by atoms with E-state index in [-0.39, 0.29) is 6.54 Å². The molecule has 3 nitrogen and oxygen atoms in total. The summed E-state index contributed by atoms with van der Waals surface area (Å²) in [6, 6.07) is 5.19. The smallest absolute Gasteiger partial charge is 0.399 e. The number of benzene rings is 1. The van der Waals surface area contributed by atoms with Crippen molar-refractivity contribution in [2.45, 2.75) is 12.7 Å². The average Bonchev–Trinajstić information content (AvgIpc) is 2.63. The van der Waals surface area contributed by atoms with Crippen LogP contribution in [0.1, 0.15) is 11.1 Å². The number of nitrogens with two attached hydrogens (primary N) is 1. The van der Waals surface area contributed by atoms with Crippen LogP contribution in [-0.4, -0.2) is 9.78 Å². The number of halogens is 4. The van der Waals surface area contributed by atoms with Crippen LogP contribution in [0.2, 0.25) is 0 Å². The van der Waals surface area contributed by atoms with Gasteiger partial charge in [0.15, 0.2) is 0 Å². The summed E-state index contributed by atoms with van der Waals surface area (Å²) in [6.45, 7) is 0.236. The number of aromatic nitrogens is 2. The molecule has 7 heteroatoms. The Bertz CT molecular complexity index is 543. The molecule has 1 aromatic heterocycles. The Balaban J connectivity index is 2.21. The van der Waals surface area contributed by atoms with Gasteiger partial charge >= 0.3 is 6.18 Å². The van der Waals surface area contributed by atoms with Gasteiger partial charge in [0.05, 0.1) is 18.3 Å². The van der Waals surface area contributed by atoms with Crippen LogP contribution in [0.5, 0.6) is 0 Å². The minimum Gasteiger partial charge on any atom is -0.399 e. The molecule has 0 fully saturated rings. The molecule has 0 bridgehead atoms. The molecule has 0 aliphatic carbocycles.